The topological polar surface area (TPSA) is 55.6 Å². The summed E-state index contributed by atoms with van der Waals surface area (Å²) in [6.07, 6.45) is 0.879. The van der Waals surface area contributed by atoms with Gasteiger partial charge in [-0.3, -0.25) is 4.79 Å². The first kappa shape index (κ1) is 14.4. The molecule has 0 unspecified atom stereocenters. The van der Waals surface area contributed by atoms with Gasteiger partial charge in [0.1, 0.15) is 11.6 Å². The maximum absolute atomic E-state index is 13.1. The Labute approximate surface area is 107 Å². The molecule has 0 bridgehead atoms. The Morgan fingerprint density at radius 3 is 2.83 bits per heavy atom. The predicted molar refractivity (Wildman–Crippen MR) is 68.0 cm³/mol. The molecule has 0 fully saturated rings. The van der Waals surface area contributed by atoms with E-state index in [9.17, 15) is 9.18 Å². The minimum absolute atomic E-state index is 0.00660. The fourth-order valence-corrected chi connectivity index (χ4v) is 1.67. The summed E-state index contributed by atoms with van der Waals surface area (Å²) in [6.45, 7) is 0.852. The van der Waals surface area contributed by atoms with E-state index in [0.717, 1.165) is 5.56 Å². The maximum atomic E-state index is 13.1. The van der Waals surface area contributed by atoms with Gasteiger partial charge in [0.05, 0.1) is 7.11 Å². The molecule has 2 N–H and O–H groups in total. The number of carbonyl (C=O) groups excluding carboxylic acids is 1. The van der Waals surface area contributed by atoms with Gasteiger partial charge in [0.2, 0.25) is 5.91 Å². The molecule has 1 rings (SSSR count). The van der Waals surface area contributed by atoms with Crippen molar-refractivity contribution in [1.29, 1.82) is 0 Å². The van der Waals surface area contributed by atoms with E-state index in [1.165, 1.54) is 12.1 Å². The van der Waals surface area contributed by atoms with Crippen LogP contribution in [-0.4, -0.2) is 38.1 Å². The number of nitrogens with zero attached hydrogens (tertiary/aromatic N) is 1. The van der Waals surface area contributed by atoms with Gasteiger partial charge >= 0.3 is 0 Å². The summed E-state index contributed by atoms with van der Waals surface area (Å²) in [5.74, 6) is 0.325. The number of benzene rings is 1. The SMILES string of the molecule is COc1ccc(F)cc1CCN(C)C(=O)CCN. The summed E-state index contributed by atoms with van der Waals surface area (Å²) in [5, 5.41) is 0. The minimum Gasteiger partial charge on any atom is -0.496 e. The van der Waals surface area contributed by atoms with Crippen LogP contribution in [0.3, 0.4) is 0 Å². The number of rotatable bonds is 6. The highest BCUT2D eigenvalue weighted by Crippen LogP contribution is 2.19. The number of hydrogen-bond acceptors (Lipinski definition) is 3. The van der Waals surface area contributed by atoms with E-state index in [-0.39, 0.29) is 11.7 Å². The molecule has 0 radical (unpaired) electrons. The van der Waals surface area contributed by atoms with Crippen LogP contribution in [0.1, 0.15) is 12.0 Å². The highest BCUT2D eigenvalue weighted by molar-refractivity contribution is 5.76. The van der Waals surface area contributed by atoms with Crippen molar-refractivity contribution in [3.05, 3.63) is 29.6 Å². The molecule has 0 aliphatic carbocycles. The van der Waals surface area contributed by atoms with Crippen molar-refractivity contribution in [1.82, 2.24) is 4.90 Å². The quantitative estimate of drug-likeness (QED) is 0.829. The fourth-order valence-electron chi connectivity index (χ4n) is 1.67. The molecular weight excluding hydrogens is 235 g/mol. The lowest BCUT2D eigenvalue weighted by atomic mass is 10.1. The number of amides is 1. The van der Waals surface area contributed by atoms with E-state index >= 15 is 0 Å². The Morgan fingerprint density at radius 1 is 1.50 bits per heavy atom. The van der Waals surface area contributed by atoms with Crippen LogP contribution in [0.5, 0.6) is 5.75 Å². The Kier molecular flexibility index (Phi) is 5.58. The van der Waals surface area contributed by atoms with Gasteiger partial charge in [-0.15, -0.1) is 0 Å². The lowest BCUT2D eigenvalue weighted by Gasteiger charge is -2.17. The van der Waals surface area contributed by atoms with Gasteiger partial charge < -0.3 is 15.4 Å². The molecule has 0 saturated carbocycles. The number of hydrogen-bond donors (Lipinski definition) is 1. The van der Waals surface area contributed by atoms with Crippen LogP contribution in [0.4, 0.5) is 4.39 Å². The summed E-state index contributed by atoms with van der Waals surface area (Å²) in [4.78, 5) is 13.1. The highest BCUT2D eigenvalue weighted by atomic mass is 19.1. The summed E-state index contributed by atoms with van der Waals surface area (Å²) in [7, 11) is 3.25. The molecule has 0 spiro atoms. The number of nitrogens with two attached hydrogens (primary N) is 1. The first-order valence-corrected chi connectivity index (χ1v) is 5.85. The molecule has 1 aromatic rings. The fraction of sp³-hybridized carbons (Fsp3) is 0.462. The molecule has 0 aliphatic heterocycles. The van der Waals surface area contributed by atoms with Gasteiger partial charge in [0.25, 0.3) is 0 Å². The predicted octanol–water partition coefficient (Wildman–Crippen LogP) is 1.18. The summed E-state index contributed by atoms with van der Waals surface area (Å²) < 4.78 is 18.3. The molecule has 1 aromatic carbocycles. The molecule has 18 heavy (non-hydrogen) atoms. The molecule has 0 atom stereocenters. The van der Waals surface area contributed by atoms with Crippen LogP contribution >= 0.6 is 0 Å². The van der Waals surface area contributed by atoms with E-state index < -0.39 is 0 Å². The second kappa shape index (κ2) is 6.96. The smallest absolute Gasteiger partial charge is 0.223 e. The highest BCUT2D eigenvalue weighted by Gasteiger charge is 2.10. The van der Waals surface area contributed by atoms with Crippen molar-refractivity contribution < 1.29 is 13.9 Å². The van der Waals surface area contributed by atoms with E-state index in [1.807, 2.05) is 0 Å². The van der Waals surface area contributed by atoms with Gasteiger partial charge in [-0.1, -0.05) is 0 Å². The molecule has 5 heteroatoms. The Morgan fingerprint density at radius 2 is 2.22 bits per heavy atom. The van der Waals surface area contributed by atoms with E-state index in [0.29, 0.717) is 31.7 Å². The van der Waals surface area contributed by atoms with E-state index in [1.54, 1.807) is 25.1 Å². The molecule has 0 heterocycles. The van der Waals surface area contributed by atoms with Crippen LogP contribution in [0.15, 0.2) is 18.2 Å². The average molecular weight is 254 g/mol. The third kappa shape index (κ3) is 4.00. The molecule has 100 valence electrons. The lowest BCUT2D eigenvalue weighted by molar-refractivity contribution is -0.129. The summed E-state index contributed by atoms with van der Waals surface area (Å²) in [6, 6.07) is 4.37. The third-order valence-corrected chi connectivity index (χ3v) is 2.74. The molecular formula is C13H19FN2O2. The maximum Gasteiger partial charge on any atom is 0.223 e. The molecule has 4 nitrogen and oxygen atoms in total. The van der Waals surface area contributed by atoms with Crippen molar-refractivity contribution >= 4 is 5.91 Å². The Balaban J connectivity index is 2.62. The van der Waals surface area contributed by atoms with Crippen molar-refractivity contribution in [2.45, 2.75) is 12.8 Å². The van der Waals surface area contributed by atoms with Gasteiger partial charge in [-0.05, 0) is 30.2 Å². The normalized spacial score (nSPS) is 10.2. The van der Waals surface area contributed by atoms with Crippen molar-refractivity contribution in [3.8, 4) is 5.75 Å². The van der Waals surface area contributed by atoms with Crippen LogP contribution in [0.25, 0.3) is 0 Å². The second-order valence-electron chi connectivity index (χ2n) is 4.06. The average Bonchev–Trinajstić information content (AvgIpc) is 2.36. The monoisotopic (exact) mass is 254 g/mol. The zero-order valence-corrected chi connectivity index (χ0v) is 10.8. The Bertz CT molecular complexity index is 410. The van der Waals surface area contributed by atoms with E-state index in [2.05, 4.69) is 0 Å². The first-order valence-electron chi connectivity index (χ1n) is 5.85. The molecule has 1 amide bonds. The van der Waals surface area contributed by atoms with Crippen molar-refractivity contribution in [3.63, 3.8) is 0 Å². The zero-order chi connectivity index (χ0) is 13.5. The van der Waals surface area contributed by atoms with Gasteiger partial charge in [0, 0.05) is 26.6 Å². The number of halogens is 1. The number of carbonyl (C=O) groups is 1. The van der Waals surface area contributed by atoms with Crippen LogP contribution in [0.2, 0.25) is 0 Å². The minimum atomic E-state index is -0.304. The Hall–Kier alpha value is -1.62. The largest absolute Gasteiger partial charge is 0.496 e. The molecule has 0 aromatic heterocycles. The zero-order valence-electron chi connectivity index (χ0n) is 10.8. The second-order valence-corrected chi connectivity index (χ2v) is 4.06. The number of methoxy groups -OCH3 is 1. The molecule has 0 aliphatic rings. The van der Waals surface area contributed by atoms with Gasteiger partial charge in [-0.25, -0.2) is 4.39 Å². The van der Waals surface area contributed by atoms with Crippen LogP contribution in [0, 0.1) is 5.82 Å². The van der Waals surface area contributed by atoms with E-state index in [4.69, 9.17) is 10.5 Å². The number of likely N-dealkylation sites (N-methyl/N-ethyl adjacent to an activating group) is 1. The van der Waals surface area contributed by atoms with Crippen LogP contribution < -0.4 is 10.5 Å². The standard InChI is InChI=1S/C13H19FN2O2/c1-16(13(17)5-7-15)8-6-10-9-11(14)3-4-12(10)18-2/h3-4,9H,5-8,15H2,1-2H3. The summed E-state index contributed by atoms with van der Waals surface area (Å²) in [5.41, 5.74) is 6.08. The summed E-state index contributed by atoms with van der Waals surface area (Å²) >= 11 is 0. The first-order chi connectivity index (χ1) is 8.58. The van der Waals surface area contributed by atoms with Gasteiger partial charge in [-0.2, -0.15) is 0 Å². The van der Waals surface area contributed by atoms with Gasteiger partial charge in [0.15, 0.2) is 0 Å². The van der Waals surface area contributed by atoms with Crippen molar-refractivity contribution in [2.75, 3.05) is 27.2 Å². The van der Waals surface area contributed by atoms with Crippen molar-refractivity contribution in [2.24, 2.45) is 5.73 Å². The van der Waals surface area contributed by atoms with Crippen LogP contribution in [-0.2, 0) is 11.2 Å². The third-order valence-electron chi connectivity index (χ3n) is 2.74. The lowest BCUT2D eigenvalue weighted by Crippen LogP contribution is -2.30. The number of ether oxygens (including phenoxy) is 1. The molecule has 0 saturated heterocycles.